The molecule has 110 valence electrons. The maximum Gasteiger partial charge on any atom is 0.129 e. The third-order valence-electron chi connectivity index (χ3n) is 4.14. The van der Waals surface area contributed by atoms with E-state index in [-0.39, 0.29) is 0 Å². The van der Waals surface area contributed by atoms with Crippen LogP contribution in [0.1, 0.15) is 30.0 Å². The molecule has 2 aromatic rings. The Kier molecular flexibility index (Phi) is 4.02. The number of ether oxygens (including phenoxy) is 1. The van der Waals surface area contributed by atoms with Crippen LogP contribution in [0.2, 0.25) is 5.15 Å². The first-order valence-corrected chi connectivity index (χ1v) is 7.57. The zero-order valence-corrected chi connectivity index (χ0v) is 13.0. The summed E-state index contributed by atoms with van der Waals surface area (Å²) in [6.45, 7) is 1.98. The SMILES string of the molecule is COc1ccc(C2CC(Nc3ccc(Cl)nc3C)C2)cc1. The number of nitrogens with zero attached hydrogens (tertiary/aromatic N) is 1. The lowest BCUT2D eigenvalue weighted by Crippen LogP contribution is -2.34. The summed E-state index contributed by atoms with van der Waals surface area (Å²) in [6, 6.07) is 12.7. The zero-order valence-electron chi connectivity index (χ0n) is 12.3. The minimum absolute atomic E-state index is 0.513. The van der Waals surface area contributed by atoms with Crippen LogP contribution in [-0.4, -0.2) is 18.1 Å². The first-order valence-electron chi connectivity index (χ1n) is 7.19. The van der Waals surface area contributed by atoms with Gasteiger partial charge in [0.25, 0.3) is 0 Å². The molecule has 3 rings (SSSR count). The number of aromatic nitrogens is 1. The van der Waals surface area contributed by atoms with E-state index in [1.165, 1.54) is 5.56 Å². The number of pyridine rings is 1. The Morgan fingerprint density at radius 1 is 1.14 bits per heavy atom. The largest absolute Gasteiger partial charge is 0.497 e. The molecule has 3 nitrogen and oxygen atoms in total. The Balaban J connectivity index is 1.57. The molecule has 0 saturated heterocycles. The van der Waals surface area contributed by atoms with Crippen molar-refractivity contribution in [1.29, 1.82) is 0 Å². The molecule has 0 spiro atoms. The Morgan fingerprint density at radius 3 is 2.48 bits per heavy atom. The first kappa shape index (κ1) is 14.2. The molecule has 1 heterocycles. The second-order valence-electron chi connectivity index (χ2n) is 5.55. The van der Waals surface area contributed by atoms with Gasteiger partial charge < -0.3 is 10.1 Å². The van der Waals surface area contributed by atoms with Crippen molar-refractivity contribution in [3.05, 3.63) is 52.8 Å². The number of methoxy groups -OCH3 is 1. The summed E-state index contributed by atoms with van der Waals surface area (Å²) in [5.41, 5.74) is 3.42. The summed E-state index contributed by atoms with van der Waals surface area (Å²) < 4.78 is 5.19. The molecule has 1 aliphatic carbocycles. The highest BCUT2D eigenvalue weighted by Crippen LogP contribution is 2.39. The van der Waals surface area contributed by atoms with Crippen LogP contribution in [0.3, 0.4) is 0 Å². The minimum atomic E-state index is 0.513. The van der Waals surface area contributed by atoms with Gasteiger partial charge in [-0.1, -0.05) is 23.7 Å². The molecular weight excluding hydrogens is 284 g/mol. The Labute approximate surface area is 130 Å². The average molecular weight is 303 g/mol. The van der Waals surface area contributed by atoms with Gasteiger partial charge in [-0.15, -0.1) is 0 Å². The van der Waals surface area contributed by atoms with Gasteiger partial charge in [0.2, 0.25) is 0 Å². The Morgan fingerprint density at radius 2 is 1.86 bits per heavy atom. The summed E-state index contributed by atoms with van der Waals surface area (Å²) in [5, 5.41) is 4.09. The van der Waals surface area contributed by atoms with E-state index in [0.717, 1.165) is 30.0 Å². The number of nitrogens with one attached hydrogen (secondary N) is 1. The molecule has 21 heavy (non-hydrogen) atoms. The number of anilines is 1. The molecule has 0 aliphatic heterocycles. The summed E-state index contributed by atoms with van der Waals surface area (Å²) in [5.74, 6) is 1.55. The summed E-state index contributed by atoms with van der Waals surface area (Å²) in [7, 11) is 1.70. The predicted molar refractivity (Wildman–Crippen MR) is 86.4 cm³/mol. The van der Waals surface area contributed by atoms with E-state index in [1.807, 2.05) is 31.2 Å². The minimum Gasteiger partial charge on any atom is -0.497 e. The van der Waals surface area contributed by atoms with Crippen LogP contribution in [0.15, 0.2) is 36.4 Å². The van der Waals surface area contributed by atoms with E-state index >= 15 is 0 Å². The molecule has 0 unspecified atom stereocenters. The highest BCUT2D eigenvalue weighted by atomic mass is 35.5. The molecule has 1 aliphatic rings. The van der Waals surface area contributed by atoms with Crippen molar-refractivity contribution in [3.63, 3.8) is 0 Å². The maximum absolute atomic E-state index is 5.88. The van der Waals surface area contributed by atoms with Crippen LogP contribution >= 0.6 is 11.6 Å². The van der Waals surface area contributed by atoms with Gasteiger partial charge in [0, 0.05) is 6.04 Å². The molecule has 0 amide bonds. The topological polar surface area (TPSA) is 34.1 Å². The molecule has 4 heteroatoms. The van der Waals surface area contributed by atoms with Gasteiger partial charge in [0.1, 0.15) is 10.9 Å². The number of halogens is 1. The normalized spacial score (nSPS) is 20.7. The van der Waals surface area contributed by atoms with Crippen molar-refractivity contribution in [2.75, 3.05) is 12.4 Å². The van der Waals surface area contributed by atoms with Crippen LogP contribution in [-0.2, 0) is 0 Å². The van der Waals surface area contributed by atoms with Crippen molar-refractivity contribution < 1.29 is 4.74 Å². The fraction of sp³-hybridized carbons (Fsp3) is 0.353. The van der Waals surface area contributed by atoms with Crippen LogP contribution in [0.5, 0.6) is 5.75 Å². The molecule has 0 atom stereocenters. The second kappa shape index (κ2) is 5.94. The van der Waals surface area contributed by atoms with Crippen molar-refractivity contribution in [2.24, 2.45) is 0 Å². The van der Waals surface area contributed by atoms with Gasteiger partial charge in [0.15, 0.2) is 0 Å². The number of rotatable bonds is 4. The van der Waals surface area contributed by atoms with Crippen LogP contribution in [0.25, 0.3) is 0 Å². The van der Waals surface area contributed by atoms with E-state index in [9.17, 15) is 0 Å². The molecule has 0 bridgehead atoms. The van der Waals surface area contributed by atoms with E-state index < -0.39 is 0 Å². The summed E-state index contributed by atoms with van der Waals surface area (Å²) in [4.78, 5) is 4.27. The van der Waals surface area contributed by atoms with Crippen molar-refractivity contribution in [2.45, 2.75) is 31.7 Å². The van der Waals surface area contributed by atoms with Gasteiger partial charge >= 0.3 is 0 Å². The molecule has 0 radical (unpaired) electrons. The molecule has 1 aromatic carbocycles. The van der Waals surface area contributed by atoms with E-state index in [0.29, 0.717) is 17.1 Å². The average Bonchev–Trinajstić information content (AvgIpc) is 2.44. The molecule has 1 aromatic heterocycles. The van der Waals surface area contributed by atoms with Gasteiger partial charge in [-0.2, -0.15) is 0 Å². The smallest absolute Gasteiger partial charge is 0.129 e. The number of hydrogen-bond acceptors (Lipinski definition) is 3. The highest BCUT2D eigenvalue weighted by Gasteiger charge is 2.30. The molecular formula is C17H19ClN2O. The maximum atomic E-state index is 5.88. The lowest BCUT2D eigenvalue weighted by Gasteiger charge is -2.37. The number of hydrogen-bond donors (Lipinski definition) is 1. The van der Waals surface area contributed by atoms with Crippen molar-refractivity contribution >= 4 is 17.3 Å². The monoisotopic (exact) mass is 302 g/mol. The Bertz CT molecular complexity index is 621. The van der Waals surface area contributed by atoms with Gasteiger partial charge in [0.05, 0.1) is 18.5 Å². The zero-order chi connectivity index (χ0) is 14.8. The standard InChI is InChI=1S/C17H19ClN2O/c1-11-16(7-8-17(18)19-11)20-14-9-13(10-14)12-3-5-15(21-2)6-4-12/h3-8,13-14,20H,9-10H2,1-2H3. The third-order valence-corrected chi connectivity index (χ3v) is 4.35. The lowest BCUT2D eigenvalue weighted by molar-refractivity contribution is 0.373. The lowest BCUT2D eigenvalue weighted by atomic mass is 9.76. The van der Waals surface area contributed by atoms with Gasteiger partial charge in [-0.25, -0.2) is 4.98 Å². The van der Waals surface area contributed by atoms with Gasteiger partial charge in [-0.3, -0.25) is 0 Å². The molecule has 1 N–H and O–H groups in total. The predicted octanol–water partition coefficient (Wildman–Crippen LogP) is 4.41. The van der Waals surface area contributed by atoms with Crippen LogP contribution in [0.4, 0.5) is 5.69 Å². The highest BCUT2D eigenvalue weighted by molar-refractivity contribution is 6.29. The Hall–Kier alpha value is -1.74. The van der Waals surface area contributed by atoms with Gasteiger partial charge in [-0.05, 0) is 55.5 Å². The van der Waals surface area contributed by atoms with E-state index in [1.54, 1.807) is 7.11 Å². The quantitative estimate of drug-likeness (QED) is 0.849. The fourth-order valence-corrected chi connectivity index (χ4v) is 2.98. The summed E-state index contributed by atoms with van der Waals surface area (Å²) in [6.07, 6.45) is 2.29. The van der Waals surface area contributed by atoms with Crippen LogP contribution < -0.4 is 10.1 Å². The molecule has 1 saturated carbocycles. The second-order valence-corrected chi connectivity index (χ2v) is 5.94. The number of benzene rings is 1. The van der Waals surface area contributed by atoms with E-state index in [4.69, 9.17) is 16.3 Å². The molecule has 1 fully saturated rings. The van der Waals surface area contributed by atoms with Crippen molar-refractivity contribution in [3.8, 4) is 5.75 Å². The third kappa shape index (κ3) is 3.13. The van der Waals surface area contributed by atoms with Crippen LogP contribution in [0, 0.1) is 6.92 Å². The summed E-state index contributed by atoms with van der Waals surface area (Å²) >= 11 is 5.88. The first-order chi connectivity index (χ1) is 10.2. The van der Waals surface area contributed by atoms with E-state index in [2.05, 4.69) is 22.4 Å². The van der Waals surface area contributed by atoms with Crippen molar-refractivity contribution in [1.82, 2.24) is 4.98 Å². The number of aryl methyl sites for hydroxylation is 1. The fourth-order valence-electron chi connectivity index (χ4n) is 2.79.